The van der Waals surface area contributed by atoms with Crippen molar-refractivity contribution in [2.24, 2.45) is 11.3 Å². The van der Waals surface area contributed by atoms with Gasteiger partial charge in [-0.15, -0.1) is 0 Å². The van der Waals surface area contributed by atoms with Gasteiger partial charge < -0.3 is 14.9 Å². The molecule has 1 aromatic heterocycles. The number of carboxylic acids is 1. The SMILES string of the molecule is CN1CC[C@H]2CN(Cc3ccc(N(C)C)nc3)C[C@@]2(C(=O)O)C1. The van der Waals surface area contributed by atoms with Gasteiger partial charge in [0, 0.05) is 46.5 Å². The number of nitrogens with zero attached hydrogens (tertiary/aromatic N) is 4. The molecule has 2 fully saturated rings. The topological polar surface area (TPSA) is 59.9 Å². The minimum absolute atomic E-state index is 0.255. The lowest BCUT2D eigenvalue weighted by Gasteiger charge is -2.39. The van der Waals surface area contributed by atoms with Crippen LogP contribution >= 0.6 is 0 Å². The summed E-state index contributed by atoms with van der Waals surface area (Å²) in [6.45, 7) is 3.92. The number of aromatic nitrogens is 1. The maximum Gasteiger partial charge on any atom is 0.312 e. The van der Waals surface area contributed by atoms with Crippen molar-refractivity contribution < 1.29 is 9.90 Å². The fourth-order valence-electron chi connectivity index (χ4n) is 4.03. The number of aliphatic carboxylic acids is 1. The lowest BCUT2D eigenvalue weighted by atomic mass is 9.73. The first-order valence-electron chi connectivity index (χ1n) is 8.17. The Morgan fingerprint density at radius 2 is 2.22 bits per heavy atom. The zero-order chi connectivity index (χ0) is 16.6. The van der Waals surface area contributed by atoms with Crippen LogP contribution in [0.4, 0.5) is 5.82 Å². The third-order valence-corrected chi connectivity index (χ3v) is 5.28. The van der Waals surface area contributed by atoms with Gasteiger partial charge in [0.25, 0.3) is 0 Å². The van der Waals surface area contributed by atoms with Gasteiger partial charge in [0.15, 0.2) is 0 Å². The van der Waals surface area contributed by atoms with E-state index in [1.807, 2.05) is 38.3 Å². The molecule has 23 heavy (non-hydrogen) atoms. The second-order valence-corrected chi connectivity index (χ2v) is 7.27. The fourth-order valence-corrected chi connectivity index (χ4v) is 4.03. The van der Waals surface area contributed by atoms with E-state index in [-0.39, 0.29) is 5.92 Å². The number of carboxylic acid groups (broad SMARTS) is 1. The van der Waals surface area contributed by atoms with Crippen LogP contribution in [0.2, 0.25) is 0 Å². The van der Waals surface area contributed by atoms with E-state index in [9.17, 15) is 9.90 Å². The molecule has 0 unspecified atom stereocenters. The number of rotatable bonds is 4. The largest absolute Gasteiger partial charge is 0.481 e. The van der Waals surface area contributed by atoms with Crippen molar-refractivity contribution in [3.05, 3.63) is 23.9 Å². The predicted molar refractivity (Wildman–Crippen MR) is 89.5 cm³/mol. The molecule has 0 aromatic carbocycles. The van der Waals surface area contributed by atoms with Crippen molar-refractivity contribution in [3.8, 4) is 0 Å². The summed E-state index contributed by atoms with van der Waals surface area (Å²) in [5, 5.41) is 9.83. The number of fused-ring (bicyclic) bond motifs is 1. The third kappa shape index (κ3) is 3.05. The molecule has 6 nitrogen and oxygen atoms in total. The van der Waals surface area contributed by atoms with E-state index < -0.39 is 11.4 Å². The first kappa shape index (κ1) is 16.2. The normalized spacial score (nSPS) is 28.6. The Morgan fingerprint density at radius 3 is 2.83 bits per heavy atom. The molecule has 3 rings (SSSR count). The number of pyridine rings is 1. The lowest BCUT2D eigenvalue weighted by molar-refractivity contribution is -0.153. The first-order chi connectivity index (χ1) is 10.9. The van der Waals surface area contributed by atoms with Crippen molar-refractivity contribution in [1.82, 2.24) is 14.8 Å². The van der Waals surface area contributed by atoms with Gasteiger partial charge in [-0.25, -0.2) is 4.98 Å². The highest BCUT2D eigenvalue weighted by molar-refractivity contribution is 5.76. The molecular weight excluding hydrogens is 292 g/mol. The molecule has 0 bridgehead atoms. The summed E-state index contributed by atoms with van der Waals surface area (Å²) < 4.78 is 0. The van der Waals surface area contributed by atoms with E-state index in [0.717, 1.165) is 37.4 Å². The van der Waals surface area contributed by atoms with Gasteiger partial charge in [-0.1, -0.05) is 6.07 Å². The number of hydrogen-bond donors (Lipinski definition) is 1. The molecule has 0 saturated carbocycles. The van der Waals surface area contributed by atoms with Gasteiger partial charge in [-0.3, -0.25) is 9.69 Å². The second kappa shape index (κ2) is 6.09. The Morgan fingerprint density at radius 1 is 1.43 bits per heavy atom. The Kier molecular flexibility index (Phi) is 4.29. The van der Waals surface area contributed by atoms with E-state index in [1.165, 1.54) is 0 Å². The van der Waals surface area contributed by atoms with Crippen LogP contribution in [-0.2, 0) is 11.3 Å². The average Bonchev–Trinajstić information content (AvgIpc) is 2.86. The molecule has 1 N–H and O–H groups in total. The van der Waals surface area contributed by atoms with Crippen LogP contribution in [0.15, 0.2) is 18.3 Å². The predicted octanol–water partition coefficient (Wildman–Crippen LogP) is 0.986. The van der Waals surface area contributed by atoms with Gasteiger partial charge in [0.2, 0.25) is 0 Å². The van der Waals surface area contributed by atoms with Crippen LogP contribution in [-0.4, -0.2) is 73.2 Å². The number of carbonyl (C=O) groups is 1. The highest BCUT2D eigenvalue weighted by Crippen LogP contribution is 2.42. The van der Waals surface area contributed by atoms with Crippen molar-refractivity contribution >= 4 is 11.8 Å². The van der Waals surface area contributed by atoms with E-state index in [0.29, 0.717) is 13.1 Å². The molecule has 0 radical (unpaired) electrons. The minimum Gasteiger partial charge on any atom is -0.481 e. The van der Waals surface area contributed by atoms with Gasteiger partial charge in [-0.05, 0) is 37.6 Å². The zero-order valence-corrected chi connectivity index (χ0v) is 14.2. The van der Waals surface area contributed by atoms with E-state index >= 15 is 0 Å². The highest BCUT2D eigenvalue weighted by atomic mass is 16.4. The molecule has 0 spiro atoms. The summed E-state index contributed by atoms with van der Waals surface area (Å²) in [4.78, 5) is 22.8. The Labute approximate surface area is 137 Å². The van der Waals surface area contributed by atoms with Crippen molar-refractivity contribution in [1.29, 1.82) is 0 Å². The van der Waals surface area contributed by atoms with Crippen LogP contribution < -0.4 is 4.90 Å². The average molecular weight is 318 g/mol. The van der Waals surface area contributed by atoms with Crippen molar-refractivity contribution in [2.75, 3.05) is 52.2 Å². The number of likely N-dealkylation sites (tertiary alicyclic amines) is 2. The van der Waals surface area contributed by atoms with Crippen molar-refractivity contribution in [2.45, 2.75) is 13.0 Å². The summed E-state index contributed by atoms with van der Waals surface area (Å²) in [6, 6.07) is 4.10. The van der Waals surface area contributed by atoms with E-state index in [4.69, 9.17) is 0 Å². The number of piperidine rings is 1. The van der Waals surface area contributed by atoms with Crippen LogP contribution in [0.3, 0.4) is 0 Å². The second-order valence-electron chi connectivity index (χ2n) is 7.27. The number of anilines is 1. The molecule has 2 aliphatic heterocycles. The Hall–Kier alpha value is -1.66. The van der Waals surface area contributed by atoms with Crippen LogP contribution in [0, 0.1) is 11.3 Å². The molecule has 2 aliphatic rings. The molecule has 3 heterocycles. The molecule has 0 aliphatic carbocycles. The van der Waals surface area contributed by atoms with Gasteiger partial charge >= 0.3 is 5.97 Å². The summed E-state index contributed by atoms with van der Waals surface area (Å²) in [5.74, 6) is 0.551. The van der Waals surface area contributed by atoms with Crippen LogP contribution in [0.1, 0.15) is 12.0 Å². The minimum atomic E-state index is -0.641. The number of hydrogen-bond acceptors (Lipinski definition) is 5. The van der Waals surface area contributed by atoms with Crippen LogP contribution in [0.25, 0.3) is 0 Å². The summed E-state index contributed by atoms with van der Waals surface area (Å²) >= 11 is 0. The molecule has 2 atom stereocenters. The van der Waals surface area contributed by atoms with Gasteiger partial charge in [0.1, 0.15) is 5.82 Å². The van der Waals surface area contributed by atoms with E-state index in [1.54, 1.807) is 0 Å². The molecular formula is C17H26N4O2. The van der Waals surface area contributed by atoms with E-state index in [2.05, 4.69) is 20.9 Å². The summed E-state index contributed by atoms with van der Waals surface area (Å²) in [7, 11) is 5.97. The smallest absolute Gasteiger partial charge is 0.312 e. The van der Waals surface area contributed by atoms with Gasteiger partial charge in [0.05, 0.1) is 5.41 Å². The Balaban J connectivity index is 1.72. The van der Waals surface area contributed by atoms with Gasteiger partial charge in [-0.2, -0.15) is 0 Å². The maximum atomic E-state index is 11.9. The molecule has 0 amide bonds. The first-order valence-corrected chi connectivity index (χ1v) is 8.17. The monoisotopic (exact) mass is 318 g/mol. The Bertz CT molecular complexity index is 574. The summed E-state index contributed by atoms with van der Waals surface area (Å²) in [5.41, 5.74) is 0.535. The van der Waals surface area contributed by atoms with Crippen LogP contribution in [0.5, 0.6) is 0 Å². The third-order valence-electron chi connectivity index (χ3n) is 5.28. The fraction of sp³-hybridized carbons (Fsp3) is 0.647. The molecule has 6 heteroatoms. The molecule has 2 saturated heterocycles. The lowest BCUT2D eigenvalue weighted by Crippen LogP contribution is -2.52. The van der Waals surface area contributed by atoms with Crippen molar-refractivity contribution in [3.63, 3.8) is 0 Å². The highest BCUT2D eigenvalue weighted by Gasteiger charge is 2.54. The maximum absolute atomic E-state index is 11.9. The standard InChI is InChI=1S/C17H26N4O2/c1-19(2)15-5-4-13(8-18-15)9-21-10-14-6-7-20(3)11-17(14,12-21)16(22)23/h4-5,8,14H,6-7,9-12H2,1-3H3,(H,22,23)/t14-,17-/m0/s1. The zero-order valence-electron chi connectivity index (χ0n) is 14.2. The quantitative estimate of drug-likeness (QED) is 0.893. The molecule has 126 valence electrons. The molecule has 1 aromatic rings. The summed E-state index contributed by atoms with van der Waals surface area (Å²) in [6.07, 6.45) is 2.87.